The SMILES string of the molecule is COC(=O)C(C)(CO)C(c1ccccc1)c1ccc2c(cnn2-c2ccc(F)cc2)c1. The van der Waals surface area contributed by atoms with Crippen molar-refractivity contribution in [2.24, 2.45) is 5.41 Å². The number of hydrogen-bond acceptors (Lipinski definition) is 4. The van der Waals surface area contributed by atoms with Gasteiger partial charge in [-0.25, -0.2) is 9.07 Å². The Kier molecular flexibility index (Phi) is 5.57. The van der Waals surface area contributed by atoms with Crippen LogP contribution in [-0.4, -0.2) is 34.6 Å². The second-order valence-corrected chi connectivity index (χ2v) is 7.76. The molecule has 0 aliphatic heterocycles. The van der Waals surface area contributed by atoms with Crippen molar-refractivity contribution in [2.45, 2.75) is 12.8 Å². The van der Waals surface area contributed by atoms with E-state index in [9.17, 15) is 14.3 Å². The highest BCUT2D eigenvalue weighted by Crippen LogP contribution is 2.42. The topological polar surface area (TPSA) is 64.3 Å². The summed E-state index contributed by atoms with van der Waals surface area (Å²) >= 11 is 0. The highest BCUT2D eigenvalue weighted by molar-refractivity contribution is 5.83. The van der Waals surface area contributed by atoms with Crippen LogP contribution in [0.15, 0.2) is 79.0 Å². The molecule has 1 N–H and O–H groups in total. The normalized spacial score (nSPS) is 14.2. The number of fused-ring (bicyclic) bond motifs is 1. The second-order valence-electron chi connectivity index (χ2n) is 7.76. The average Bonchev–Trinajstić information content (AvgIpc) is 3.23. The van der Waals surface area contributed by atoms with E-state index in [0.29, 0.717) is 0 Å². The van der Waals surface area contributed by atoms with Crippen molar-refractivity contribution >= 4 is 16.9 Å². The summed E-state index contributed by atoms with van der Waals surface area (Å²) < 4.78 is 20.1. The predicted molar refractivity (Wildman–Crippen MR) is 117 cm³/mol. The van der Waals surface area contributed by atoms with Crippen molar-refractivity contribution in [3.63, 3.8) is 0 Å². The van der Waals surface area contributed by atoms with E-state index in [1.54, 1.807) is 29.9 Å². The van der Waals surface area contributed by atoms with Crippen LogP contribution in [0, 0.1) is 11.2 Å². The molecule has 0 saturated carbocycles. The molecule has 0 aliphatic carbocycles. The molecule has 0 saturated heterocycles. The van der Waals surface area contributed by atoms with Gasteiger partial charge in [-0.1, -0.05) is 36.4 Å². The minimum atomic E-state index is -1.17. The zero-order chi connectivity index (χ0) is 22.0. The molecule has 1 heterocycles. The molecular weight excluding hydrogens is 395 g/mol. The molecule has 1 aromatic heterocycles. The van der Waals surface area contributed by atoms with Crippen LogP contribution in [-0.2, 0) is 9.53 Å². The van der Waals surface area contributed by atoms with E-state index in [2.05, 4.69) is 5.10 Å². The fraction of sp³-hybridized carbons (Fsp3) is 0.200. The Morgan fingerprint density at radius 2 is 1.81 bits per heavy atom. The van der Waals surface area contributed by atoms with Gasteiger partial charge in [0.2, 0.25) is 0 Å². The summed E-state index contributed by atoms with van der Waals surface area (Å²) in [5.74, 6) is -1.21. The first-order chi connectivity index (χ1) is 15.0. The zero-order valence-electron chi connectivity index (χ0n) is 17.3. The number of nitrogens with zero attached hydrogens (tertiary/aromatic N) is 2. The maximum Gasteiger partial charge on any atom is 0.314 e. The van der Waals surface area contributed by atoms with Crippen LogP contribution in [0.2, 0.25) is 0 Å². The number of ether oxygens (including phenoxy) is 1. The van der Waals surface area contributed by atoms with Gasteiger partial charge in [-0.15, -0.1) is 0 Å². The third kappa shape index (κ3) is 3.70. The van der Waals surface area contributed by atoms with Crippen LogP contribution in [0.3, 0.4) is 0 Å². The van der Waals surface area contributed by atoms with Crippen molar-refractivity contribution in [3.8, 4) is 5.69 Å². The van der Waals surface area contributed by atoms with E-state index in [0.717, 1.165) is 27.7 Å². The molecule has 2 unspecified atom stereocenters. The minimum Gasteiger partial charge on any atom is -0.469 e. The van der Waals surface area contributed by atoms with Gasteiger partial charge < -0.3 is 9.84 Å². The molecule has 0 aliphatic rings. The Hall–Kier alpha value is -3.51. The Balaban J connectivity index is 1.85. The number of aliphatic hydroxyl groups excluding tert-OH is 1. The Labute approximate surface area is 179 Å². The van der Waals surface area contributed by atoms with Gasteiger partial charge in [-0.05, 0) is 54.4 Å². The van der Waals surface area contributed by atoms with Gasteiger partial charge in [0, 0.05) is 11.3 Å². The Morgan fingerprint density at radius 1 is 1.10 bits per heavy atom. The molecule has 0 bridgehead atoms. The second kappa shape index (κ2) is 8.32. The zero-order valence-corrected chi connectivity index (χ0v) is 17.3. The molecule has 6 heteroatoms. The number of rotatable bonds is 6. The number of halogens is 1. The molecule has 2 atom stereocenters. The summed E-state index contributed by atoms with van der Waals surface area (Å²) in [5, 5.41) is 15.5. The molecule has 4 rings (SSSR count). The number of aromatic nitrogens is 2. The van der Waals surface area contributed by atoms with Crippen molar-refractivity contribution in [3.05, 3.63) is 95.9 Å². The lowest BCUT2D eigenvalue weighted by Gasteiger charge is -2.34. The van der Waals surface area contributed by atoms with Crippen LogP contribution in [0.4, 0.5) is 4.39 Å². The van der Waals surface area contributed by atoms with E-state index in [1.165, 1.54) is 19.2 Å². The number of methoxy groups -OCH3 is 1. The van der Waals surface area contributed by atoms with E-state index in [1.807, 2.05) is 48.5 Å². The first-order valence-electron chi connectivity index (χ1n) is 9.96. The van der Waals surface area contributed by atoms with Crippen LogP contribution in [0.5, 0.6) is 0 Å². The Bertz CT molecular complexity index is 1200. The molecule has 0 spiro atoms. The monoisotopic (exact) mass is 418 g/mol. The van der Waals surface area contributed by atoms with Crippen LogP contribution in [0.1, 0.15) is 24.0 Å². The number of hydrogen-bond donors (Lipinski definition) is 1. The van der Waals surface area contributed by atoms with E-state index < -0.39 is 17.3 Å². The third-order valence-corrected chi connectivity index (χ3v) is 5.75. The fourth-order valence-corrected chi connectivity index (χ4v) is 4.10. The van der Waals surface area contributed by atoms with Gasteiger partial charge in [0.25, 0.3) is 0 Å². The average molecular weight is 418 g/mol. The van der Waals surface area contributed by atoms with Crippen molar-refractivity contribution in [2.75, 3.05) is 13.7 Å². The quantitative estimate of drug-likeness (QED) is 0.470. The Morgan fingerprint density at radius 3 is 2.45 bits per heavy atom. The number of esters is 1. The van der Waals surface area contributed by atoms with Gasteiger partial charge in [0.1, 0.15) is 5.82 Å². The molecule has 31 heavy (non-hydrogen) atoms. The molecule has 4 aromatic rings. The van der Waals surface area contributed by atoms with Gasteiger partial charge >= 0.3 is 5.97 Å². The molecule has 158 valence electrons. The van der Waals surface area contributed by atoms with Crippen molar-refractivity contribution in [1.82, 2.24) is 9.78 Å². The molecule has 0 amide bonds. The van der Waals surface area contributed by atoms with Crippen LogP contribution in [0.25, 0.3) is 16.6 Å². The standard InChI is InChI=1S/C25H23FN2O3/c1-25(16-29,24(30)31-2)23(17-6-4-3-5-7-17)18-8-13-22-19(14-18)15-27-28(22)21-11-9-20(26)10-12-21/h3-15,23,29H,16H2,1-2H3. The van der Waals surface area contributed by atoms with Crippen LogP contribution >= 0.6 is 0 Å². The third-order valence-electron chi connectivity index (χ3n) is 5.75. The summed E-state index contributed by atoms with van der Waals surface area (Å²) in [4.78, 5) is 12.7. The lowest BCUT2D eigenvalue weighted by Crippen LogP contribution is -2.39. The number of carbonyl (C=O) groups is 1. The van der Waals surface area contributed by atoms with Gasteiger partial charge in [0.15, 0.2) is 0 Å². The largest absolute Gasteiger partial charge is 0.469 e. The lowest BCUT2D eigenvalue weighted by atomic mass is 9.70. The number of aliphatic hydroxyl groups is 1. The van der Waals surface area contributed by atoms with Gasteiger partial charge in [0.05, 0.1) is 36.5 Å². The molecule has 5 nitrogen and oxygen atoms in total. The van der Waals surface area contributed by atoms with Crippen molar-refractivity contribution < 1.29 is 19.0 Å². The van der Waals surface area contributed by atoms with E-state index >= 15 is 0 Å². The van der Waals surface area contributed by atoms with E-state index in [-0.39, 0.29) is 12.4 Å². The highest BCUT2D eigenvalue weighted by atomic mass is 19.1. The first-order valence-corrected chi connectivity index (χ1v) is 9.96. The highest BCUT2D eigenvalue weighted by Gasteiger charge is 2.43. The summed E-state index contributed by atoms with van der Waals surface area (Å²) in [7, 11) is 1.33. The fourth-order valence-electron chi connectivity index (χ4n) is 4.10. The molecule has 0 fully saturated rings. The molecule has 3 aromatic carbocycles. The minimum absolute atomic E-state index is 0.306. The predicted octanol–water partition coefficient (Wildman–Crippen LogP) is 4.47. The van der Waals surface area contributed by atoms with Crippen LogP contribution < -0.4 is 0 Å². The number of carbonyl (C=O) groups excluding carboxylic acids is 1. The van der Waals surface area contributed by atoms with E-state index in [4.69, 9.17) is 4.74 Å². The molecular formula is C25H23FN2O3. The number of benzene rings is 3. The lowest BCUT2D eigenvalue weighted by molar-refractivity contribution is -0.155. The summed E-state index contributed by atoms with van der Waals surface area (Å²) in [6.45, 7) is 1.34. The summed E-state index contributed by atoms with van der Waals surface area (Å²) in [5.41, 5.74) is 2.19. The molecule has 0 radical (unpaired) electrons. The van der Waals surface area contributed by atoms with Gasteiger partial charge in [-0.3, -0.25) is 4.79 Å². The smallest absolute Gasteiger partial charge is 0.314 e. The maximum atomic E-state index is 13.3. The first kappa shape index (κ1) is 20.8. The van der Waals surface area contributed by atoms with Gasteiger partial charge in [-0.2, -0.15) is 5.10 Å². The van der Waals surface area contributed by atoms with Crippen molar-refractivity contribution in [1.29, 1.82) is 0 Å². The summed E-state index contributed by atoms with van der Waals surface area (Å²) in [6.07, 6.45) is 1.73. The summed E-state index contributed by atoms with van der Waals surface area (Å²) in [6, 6.07) is 21.5. The maximum absolute atomic E-state index is 13.3.